The number of carbonyl (C=O) groups excluding carboxylic acids is 1. The predicted molar refractivity (Wildman–Crippen MR) is 72.8 cm³/mol. The summed E-state index contributed by atoms with van der Waals surface area (Å²) in [4.78, 5) is 16.2. The van der Waals surface area contributed by atoms with Gasteiger partial charge in [-0.25, -0.2) is 4.98 Å². The number of thiazole rings is 1. The lowest BCUT2D eigenvalue weighted by Gasteiger charge is -2.14. The Morgan fingerprint density at radius 2 is 2.33 bits per heavy atom. The van der Waals surface area contributed by atoms with E-state index in [9.17, 15) is 4.79 Å². The molecule has 2 fully saturated rings. The van der Waals surface area contributed by atoms with Gasteiger partial charge in [0.05, 0.1) is 18.0 Å². The van der Waals surface area contributed by atoms with Crippen LogP contribution in [0.4, 0.5) is 0 Å². The zero-order chi connectivity index (χ0) is 12.6. The highest BCUT2D eigenvalue weighted by atomic mass is 35.5. The first-order chi connectivity index (χ1) is 8.72. The van der Waals surface area contributed by atoms with Crippen molar-refractivity contribution in [3.63, 3.8) is 0 Å². The van der Waals surface area contributed by atoms with Gasteiger partial charge in [-0.2, -0.15) is 0 Å². The van der Waals surface area contributed by atoms with Gasteiger partial charge in [-0.3, -0.25) is 4.79 Å². The number of nitrogens with zero attached hydrogens (tertiary/aromatic N) is 1. The fourth-order valence-electron chi connectivity index (χ4n) is 2.55. The quantitative estimate of drug-likeness (QED) is 0.816. The van der Waals surface area contributed by atoms with Gasteiger partial charge in [0.15, 0.2) is 0 Å². The van der Waals surface area contributed by atoms with Crippen molar-refractivity contribution >= 4 is 28.8 Å². The van der Waals surface area contributed by atoms with Crippen LogP contribution in [0.2, 0.25) is 0 Å². The van der Waals surface area contributed by atoms with E-state index >= 15 is 0 Å². The van der Waals surface area contributed by atoms with Crippen molar-refractivity contribution in [3.8, 4) is 0 Å². The van der Waals surface area contributed by atoms with Gasteiger partial charge in [0, 0.05) is 11.9 Å². The predicted octanol–water partition coefficient (Wildman–Crippen LogP) is 2.73. The number of aromatic nitrogens is 1. The van der Waals surface area contributed by atoms with E-state index in [1.165, 1.54) is 37.0 Å². The van der Waals surface area contributed by atoms with E-state index in [1.807, 2.05) is 5.38 Å². The molecule has 18 heavy (non-hydrogen) atoms. The maximum absolute atomic E-state index is 11.9. The zero-order valence-corrected chi connectivity index (χ0v) is 11.8. The standard InChI is InChI=1S/C13H17ClN2OS/c14-6-10-7-18-12(16-10)5-11(17)15-8-13(3-4-13)9-1-2-9/h7,9H,1-6,8H2,(H,15,17). The molecule has 0 atom stereocenters. The molecule has 98 valence electrons. The fraction of sp³-hybridized carbons (Fsp3) is 0.692. The number of alkyl halides is 1. The van der Waals surface area contributed by atoms with Crippen molar-refractivity contribution in [3.05, 3.63) is 16.1 Å². The van der Waals surface area contributed by atoms with Crippen molar-refractivity contribution in [2.45, 2.75) is 38.0 Å². The van der Waals surface area contributed by atoms with E-state index in [2.05, 4.69) is 10.3 Å². The van der Waals surface area contributed by atoms with Crippen molar-refractivity contribution in [2.24, 2.45) is 11.3 Å². The molecule has 1 N–H and O–H groups in total. The summed E-state index contributed by atoms with van der Waals surface area (Å²) >= 11 is 7.21. The van der Waals surface area contributed by atoms with Gasteiger partial charge >= 0.3 is 0 Å². The van der Waals surface area contributed by atoms with Gasteiger partial charge in [0.1, 0.15) is 5.01 Å². The molecule has 3 nitrogen and oxygen atoms in total. The van der Waals surface area contributed by atoms with Gasteiger partial charge in [-0.15, -0.1) is 22.9 Å². The Kier molecular flexibility index (Phi) is 3.32. The molecule has 1 amide bonds. The SMILES string of the molecule is O=C(Cc1nc(CCl)cs1)NCC1(C2CC2)CC1. The van der Waals surface area contributed by atoms with Crippen LogP contribution in [-0.2, 0) is 17.1 Å². The van der Waals surface area contributed by atoms with Gasteiger partial charge in [0.25, 0.3) is 0 Å². The second kappa shape index (κ2) is 4.82. The maximum Gasteiger partial charge on any atom is 0.226 e. The lowest BCUT2D eigenvalue weighted by atomic mass is 10.0. The average molecular weight is 285 g/mol. The Labute approximate surface area is 116 Å². The molecular weight excluding hydrogens is 268 g/mol. The second-order valence-corrected chi connectivity index (χ2v) is 6.67. The molecule has 1 heterocycles. The summed E-state index contributed by atoms with van der Waals surface area (Å²) in [6.45, 7) is 0.865. The normalized spacial score (nSPS) is 20.7. The maximum atomic E-state index is 11.9. The second-order valence-electron chi connectivity index (χ2n) is 5.46. The van der Waals surface area contributed by atoms with Crippen molar-refractivity contribution in [1.82, 2.24) is 10.3 Å². The van der Waals surface area contributed by atoms with Gasteiger partial charge in [-0.05, 0) is 37.0 Å². The fourth-order valence-corrected chi connectivity index (χ4v) is 3.57. The van der Waals surface area contributed by atoms with Crippen LogP contribution in [0.1, 0.15) is 36.4 Å². The largest absolute Gasteiger partial charge is 0.355 e. The first-order valence-corrected chi connectivity index (χ1v) is 7.89. The highest BCUT2D eigenvalue weighted by molar-refractivity contribution is 7.09. The molecule has 0 bridgehead atoms. The zero-order valence-electron chi connectivity index (χ0n) is 10.2. The minimum Gasteiger partial charge on any atom is -0.355 e. The molecule has 0 saturated heterocycles. The molecule has 5 heteroatoms. The van der Waals surface area contributed by atoms with E-state index in [0.29, 0.717) is 17.7 Å². The van der Waals surface area contributed by atoms with E-state index in [-0.39, 0.29) is 5.91 Å². The van der Waals surface area contributed by atoms with E-state index in [4.69, 9.17) is 11.6 Å². The van der Waals surface area contributed by atoms with Crippen LogP contribution in [0.15, 0.2) is 5.38 Å². The lowest BCUT2D eigenvalue weighted by Crippen LogP contribution is -2.32. The van der Waals surface area contributed by atoms with Crippen LogP contribution in [0.25, 0.3) is 0 Å². The number of carbonyl (C=O) groups is 1. The van der Waals surface area contributed by atoms with E-state index < -0.39 is 0 Å². The van der Waals surface area contributed by atoms with Crippen LogP contribution >= 0.6 is 22.9 Å². The summed E-state index contributed by atoms with van der Waals surface area (Å²) in [5.41, 5.74) is 1.33. The lowest BCUT2D eigenvalue weighted by molar-refractivity contribution is -0.120. The smallest absolute Gasteiger partial charge is 0.226 e. The van der Waals surface area contributed by atoms with Gasteiger partial charge in [0.2, 0.25) is 5.91 Å². The Balaban J connectivity index is 1.47. The number of rotatable bonds is 6. The summed E-state index contributed by atoms with van der Waals surface area (Å²) < 4.78 is 0. The van der Waals surface area contributed by atoms with Gasteiger partial charge < -0.3 is 5.32 Å². The van der Waals surface area contributed by atoms with E-state index in [1.54, 1.807) is 0 Å². The molecule has 2 aliphatic carbocycles. The summed E-state index contributed by atoms with van der Waals surface area (Å²) in [5, 5.41) is 5.86. The number of hydrogen-bond donors (Lipinski definition) is 1. The Bertz CT molecular complexity index is 452. The van der Waals surface area contributed by atoms with Crippen LogP contribution in [-0.4, -0.2) is 17.4 Å². The molecular formula is C13H17ClN2OS. The van der Waals surface area contributed by atoms with Crippen LogP contribution in [0, 0.1) is 11.3 Å². The van der Waals surface area contributed by atoms with Gasteiger partial charge in [-0.1, -0.05) is 0 Å². The highest BCUT2D eigenvalue weighted by Gasteiger charge is 2.53. The third-order valence-electron chi connectivity index (χ3n) is 4.02. The first kappa shape index (κ1) is 12.4. The molecule has 2 saturated carbocycles. The number of nitrogens with one attached hydrogen (secondary N) is 1. The molecule has 1 aromatic heterocycles. The van der Waals surface area contributed by atoms with Crippen LogP contribution in [0.3, 0.4) is 0 Å². The monoisotopic (exact) mass is 284 g/mol. The number of halogens is 1. The molecule has 0 radical (unpaired) electrons. The summed E-state index contributed by atoms with van der Waals surface area (Å²) in [6.07, 6.45) is 5.71. The molecule has 0 aliphatic heterocycles. The summed E-state index contributed by atoms with van der Waals surface area (Å²) in [5.74, 6) is 1.40. The summed E-state index contributed by atoms with van der Waals surface area (Å²) in [7, 11) is 0. The van der Waals surface area contributed by atoms with Crippen LogP contribution < -0.4 is 5.32 Å². The van der Waals surface area contributed by atoms with Crippen molar-refractivity contribution < 1.29 is 4.79 Å². The minimum atomic E-state index is 0.0948. The molecule has 0 spiro atoms. The average Bonchev–Trinajstić information content (AvgIpc) is 3.25. The third-order valence-corrected chi connectivity index (χ3v) is 5.19. The molecule has 3 rings (SSSR count). The highest BCUT2D eigenvalue weighted by Crippen LogP contribution is 2.60. The van der Waals surface area contributed by atoms with Crippen LogP contribution in [0.5, 0.6) is 0 Å². The Morgan fingerprint density at radius 3 is 2.89 bits per heavy atom. The van der Waals surface area contributed by atoms with Crippen molar-refractivity contribution in [2.75, 3.05) is 6.54 Å². The minimum absolute atomic E-state index is 0.0948. The topological polar surface area (TPSA) is 42.0 Å². The Morgan fingerprint density at radius 1 is 1.56 bits per heavy atom. The molecule has 0 aromatic carbocycles. The number of hydrogen-bond acceptors (Lipinski definition) is 3. The summed E-state index contributed by atoms with van der Waals surface area (Å²) in [6, 6.07) is 0. The first-order valence-electron chi connectivity index (χ1n) is 6.48. The molecule has 2 aliphatic rings. The van der Waals surface area contributed by atoms with Crippen molar-refractivity contribution in [1.29, 1.82) is 0 Å². The third kappa shape index (κ3) is 2.69. The van der Waals surface area contributed by atoms with E-state index in [0.717, 1.165) is 23.2 Å². The number of amides is 1. The molecule has 0 unspecified atom stereocenters. The Hall–Kier alpha value is -0.610. The molecule has 1 aromatic rings.